The molecule has 0 unspecified atom stereocenters. The quantitative estimate of drug-likeness (QED) is 0.851. The fraction of sp³-hybridized carbons (Fsp3) is 0.350. The lowest BCUT2D eigenvalue weighted by Gasteiger charge is -2.30. The number of aliphatic hydroxyl groups excluding tert-OH is 1. The second-order valence-corrected chi connectivity index (χ2v) is 6.37. The van der Waals surface area contributed by atoms with Crippen molar-refractivity contribution in [3.8, 4) is 0 Å². The monoisotopic (exact) mass is 324 g/mol. The van der Waals surface area contributed by atoms with Gasteiger partial charge in [0, 0.05) is 26.2 Å². The van der Waals surface area contributed by atoms with E-state index in [0.29, 0.717) is 19.5 Å². The van der Waals surface area contributed by atoms with E-state index >= 15 is 0 Å². The Morgan fingerprint density at radius 2 is 1.79 bits per heavy atom. The van der Waals surface area contributed by atoms with E-state index in [4.69, 9.17) is 0 Å². The van der Waals surface area contributed by atoms with Crippen LogP contribution in [0.15, 0.2) is 54.6 Å². The summed E-state index contributed by atoms with van der Waals surface area (Å²) in [5.74, 6) is -0.0516. The number of rotatable bonds is 6. The van der Waals surface area contributed by atoms with E-state index in [0.717, 1.165) is 25.1 Å². The molecule has 0 radical (unpaired) electrons. The Balaban J connectivity index is 1.41. The summed E-state index contributed by atoms with van der Waals surface area (Å²) in [6, 6.07) is 18.1. The van der Waals surface area contributed by atoms with Crippen LogP contribution in [-0.2, 0) is 24.2 Å². The van der Waals surface area contributed by atoms with E-state index < -0.39 is 6.10 Å². The predicted molar refractivity (Wildman–Crippen MR) is 94.6 cm³/mol. The molecule has 1 atom stereocenters. The Kier molecular flexibility index (Phi) is 5.62. The van der Waals surface area contributed by atoms with Gasteiger partial charge in [0.2, 0.25) is 5.91 Å². The molecule has 0 saturated carbocycles. The molecule has 1 heterocycles. The van der Waals surface area contributed by atoms with Crippen molar-refractivity contribution >= 4 is 5.91 Å². The smallest absolute Gasteiger partial charge is 0.224 e. The van der Waals surface area contributed by atoms with Crippen LogP contribution in [-0.4, -0.2) is 41.7 Å². The van der Waals surface area contributed by atoms with Gasteiger partial charge in [-0.25, -0.2) is 0 Å². The molecule has 0 saturated heterocycles. The average molecular weight is 324 g/mol. The second-order valence-electron chi connectivity index (χ2n) is 6.37. The number of aliphatic hydroxyl groups is 1. The zero-order valence-electron chi connectivity index (χ0n) is 13.8. The van der Waals surface area contributed by atoms with Gasteiger partial charge in [0.25, 0.3) is 0 Å². The molecule has 1 amide bonds. The van der Waals surface area contributed by atoms with Gasteiger partial charge in [0.15, 0.2) is 0 Å². The molecular formula is C20H24N2O2. The van der Waals surface area contributed by atoms with Crippen LogP contribution in [0.2, 0.25) is 0 Å². The summed E-state index contributed by atoms with van der Waals surface area (Å²) >= 11 is 0. The van der Waals surface area contributed by atoms with Gasteiger partial charge >= 0.3 is 0 Å². The molecule has 0 aromatic heterocycles. The maximum absolute atomic E-state index is 11.9. The van der Waals surface area contributed by atoms with E-state index in [1.54, 1.807) is 0 Å². The van der Waals surface area contributed by atoms with Crippen LogP contribution in [0, 0.1) is 0 Å². The van der Waals surface area contributed by atoms with Crippen LogP contribution in [0.3, 0.4) is 0 Å². The van der Waals surface area contributed by atoms with Gasteiger partial charge < -0.3 is 10.4 Å². The first-order chi connectivity index (χ1) is 11.7. The molecule has 0 bridgehead atoms. The second kappa shape index (κ2) is 8.08. The highest BCUT2D eigenvalue weighted by Gasteiger charge is 2.18. The van der Waals surface area contributed by atoms with Crippen molar-refractivity contribution in [3.05, 3.63) is 71.3 Å². The van der Waals surface area contributed by atoms with E-state index in [2.05, 4.69) is 34.5 Å². The molecule has 2 aromatic carbocycles. The lowest BCUT2D eigenvalue weighted by molar-refractivity contribution is -0.121. The molecule has 1 aliphatic heterocycles. The third-order valence-corrected chi connectivity index (χ3v) is 4.42. The molecule has 2 aromatic rings. The zero-order chi connectivity index (χ0) is 16.8. The highest BCUT2D eigenvalue weighted by atomic mass is 16.3. The molecule has 4 heteroatoms. The van der Waals surface area contributed by atoms with Crippen LogP contribution in [0.5, 0.6) is 0 Å². The van der Waals surface area contributed by atoms with Crippen LogP contribution in [0.4, 0.5) is 0 Å². The zero-order valence-corrected chi connectivity index (χ0v) is 13.8. The molecule has 126 valence electrons. The van der Waals surface area contributed by atoms with Crippen LogP contribution >= 0.6 is 0 Å². The van der Waals surface area contributed by atoms with Gasteiger partial charge in [-0.3, -0.25) is 9.69 Å². The van der Waals surface area contributed by atoms with E-state index in [1.165, 1.54) is 11.1 Å². The molecule has 0 fully saturated rings. The molecule has 1 aliphatic rings. The van der Waals surface area contributed by atoms with E-state index in [9.17, 15) is 9.90 Å². The van der Waals surface area contributed by atoms with Crippen LogP contribution in [0.1, 0.15) is 16.7 Å². The SMILES string of the molecule is O=C(Cc1ccccc1)NC[C@H](O)CN1CCc2ccccc2C1. The Bertz CT molecular complexity index is 672. The van der Waals surface area contributed by atoms with Gasteiger partial charge in [-0.2, -0.15) is 0 Å². The number of hydrogen-bond acceptors (Lipinski definition) is 3. The highest BCUT2D eigenvalue weighted by Crippen LogP contribution is 2.18. The molecule has 0 aliphatic carbocycles. The summed E-state index contributed by atoms with van der Waals surface area (Å²) in [7, 11) is 0. The standard InChI is InChI=1S/C20H24N2O2/c23-19(13-21-20(24)12-16-6-2-1-3-7-16)15-22-11-10-17-8-4-5-9-18(17)14-22/h1-9,19,23H,10-15H2,(H,21,24)/t19-/m0/s1. The summed E-state index contributed by atoms with van der Waals surface area (Å²) < 4.78 is 0. The highest BCUT2D eigenvalue weighted by molar-refractivity contribution is 5.78. The summed E-state index contributed by atoms with van der Waals surface area (Å²) in [4.78, 5) is 14.2. The van der Waals surface area contributed by atoms with Gasteiger partial charge in [0.1, 0.15) is 0 Å². The number of β-amino-alcohol motifs (C(OH)–C–C–N with tert-alkyl or cyclic N) is 1. The predicted octanol–water partition coefficient (Wildman–Crippen LogP) is 1.76. The first kappa shape index (κ1) is 16.7. The molecule has 4 nitrogen and oxygen atoms in total. The van der Waals surface area contributed by atoms with Gasteiger partial charge in [-0.1, -0.05) is 54.6 Å². The Hall–Kier alpha value is -2.17. The minimum absolute atomic E-state index is 0.0516. The van der Waals surface area contributed by atoms with Crippen molar-refractivity contribution in [3.63, 3.8) is 0 Å². The van der Waals surface area contributed by atoms with Crippen molar-refractivity contribution in [2.45, 2.75) is 25.5 Å². The van der Waals surface area contributed by atoms with Gasteiger partial charge in [0.05, 0.1) is 12.5 Å². The number of benzene rings is 2. The van der Waals surface area contributed by atoms with Crippen molar-refractivity contribution in [1.82, 2.24) is 10.2 Å². The maximum Gasteiger partial charge on any atom is 0.224 e. The first-order valence-corrected chi connectivity index (χ1v) is 8.48. The molecule has 24 heavy (non-hydrogen) atoms. The van der Waals surface area contributed by atoms with Crippen molar-refractivity contribution in [1.29, 1.82) is 0 Å². The fourth-order valence-corrected chi connectivity index (χ4v) is 3.15. The normalized spacial score (nSPS) is 15.5. The molecular weight excluding hydrogens is 300 g/mol. The lowest BCUT2D eigenvalue weighted by Crippen LogP contribution is -2.42. The minimum Gasteiger partial charge on any atom is -0.390 e. The van der Waals surface area contributed by atoms with Gasteiger partial charge in [-0.05, 0) is 23.1 Å². The number of fused-ring (bicyclic) bond motifs is 1. The number of carbonyl (C=O) groups is 1. The van der Waals surface area contributed by atoms with Crippen molar-refractivity contribution in [2.24, 2.45) is 0 Å². The maximum atomic E-state index is 11.9. The van der Waals surface area contributed by atoms with Crippen molar-refractivity contribution < 1.29 is 9.90 Å². The van der Waals surface area contributed by atoms with Crippen LogP contribution in [0.25, 0.3) is 0 Å². The summed E-state index contributed by atoms with van der Waals surface area (Å²) in [5, 5.41) is 13.0. The van der Waals surface area contributed by atoms with Gasteiger partial charge in [-0.15, -0.1) is 0 Å². The first-order valence-electron chi connectivity index (χ1n) is 8.48. The topological polar surface area (TPSA) is 52.6 Å². The lowest BCUT2D eigenvalue weighted by atomic mass is 10.00. The van der Waals surface area contributed by atoms with Crippen molar-refractivity contribution in [2.75, 3.05) is 19.6 Å². The number of carbonyl (C=O) groups excluding carboxylic acids is 1. The largest absolute Gasteiger partial charge is 0.390 e. The van der Waals surface area contributed by atoms with E-state index in [-0.39, 0.29) is 5.91 Å². The molecule has 0 spiro atoms. The number of nitrogens with zero attached hydrogens (tertiary/aromatic N) is 1. The van der Waals surface area contributed by atoms with Crippen LogP contribution < -0.4 is 5.32 Å². The molecule has 2 N–H and O–H groups in total. The average Bonchev–Trinajstić information content (AvgIpc) is 2.61. The Labute approximate surface area is 143 Å². The Morgan fingerprint density at radius 3 is 2.58 bits per heavy atom. The number of hydrogen-bond donors (Lipinski definition) is 2. The minimum atomic E-state index is -0.546. The third-order valence-electron chi connectivity index (χ3n) is 4.42. The number of amides is 1. The summed E-state index contributed by atoms with van der Waals surface area (Å²) in [6.07, 6.45) is 0.823. The third kappa shape index (κ3) is 4.66. The Morgan fingerprint density at radius 1 is 1.08 bits per heavy atom. The molecule has 3 rings (SSSR count). The summed E-state index contributed by atoms with van der Waals surface area (Å²) in [6.45, 7) is 2.70. The van der Waals surface area contributed by atoms with E-state index in [1.807, 2.05) is 30.3 Å². The number of nitrogens with one attached hydrogen (secondary N) is 1. The fourth-order valence-electron chi connectivity index (χ4n) is 3.15. The summed E-state index contributed by atoms with van der Waals surface area (Å²) in [5.41, 5.74) is 3.72.